The second kappa shape index (κ2) is 6.58. The average molecular weight is 267 g/mol. The Morgan fingerprint density at radius 3 is 2.65 bits per heavy atom. The predicted octanol–water partition coefficient (Wildman–Crippen LogP) is 2.65. The Labute approximate surface area is 118 Å². The molecule has 0 saturated heterocycles. The molecule has 1 amide bonds. The van der Waals surface area contributed by atoms with E-state index in [1.807, 2.05) is 37.3 Å². The number of nitriles is 1. The van der Waals surface area contributed by atoms with Crippen molar-refractivity contribution >= 4 is 22.4 Å². The quantitative estimate of drug-likeness (QED) is 0.875. The molecule has 2 aromatic carbocycles. The summed E-state index contributed by atoms with van der Waals surface area (Å²) in [5.74, 6) is -0.0275. The first-order chi connectivity index (χ1) is 9.76. The lowest BCUT2D eigenvalue weighted by atomic mass is 10.0. The number of anilines is 1. The molecule has 0 fully saturated rings. The standard InChI is InChI=1S/C16H17N3O/c1-2-9-18-16(20)11-19-15-8-7-12(10-17)13-5-3-4-6-14(13)15/h3-8,19H,2,9,11H2,1H3,(H,18,20). The lowest BCUT2D eigenvalue weighted by molar-refractivity contribution is -0.119. The van der Waals surface area contributed by atoms with Gasteiger partial charge in [0.05, 0.1) is 18.2 Å². The van der Waals surface area contributed by atoms with Crippen LogP contribution >= 0.6 is 0 Å². The van der Waals surface area contributed by atoms with Crippen LogP contribution < -0.4 is 10.6 Å². The molecule has 0 aromatic heterocycles. The van der Waals surface area contributed by atoms with Gasteiger partial charge >= 0.3 is 0 Å². The van der Waals surface area contributed by atoms with E-state index in [2.05, 4.69) is 16.7 Å². The highest BCUT2D eigenvalue weighted by atomic mass is 16.1. The Balaban J connectivity index is 2.19. The molecule has 0 aliphatic heterocycles. The molecule has 2 rings (SSSR count). The first-order valence-corrected chi connectivity index (χ1v) is 6.68. The fourth-order valence-electron chi connectivity index (χ4n) is 2.05. The van der Waals surface area contributed by atoms with Crippen LogP contribution in [0.1, 0.15) is 18.9 Å². The Morgan fingerprint density at radius 1 is 1.20 bits per heavy atom. The largest absolute Gasteiger partial charge is 0.376 e. The predicted molar refractivity (Wildman–Crippen MR) is 80.5 cm³/mol. The second-order valence-electron chi connectivity index (χ2n) is 4.52. The fraction of sp³-hybridized carbons (Fsp3) is 0.250. The van der Waals surface area contributed by atoms with Gasteiger partial charge in [-0.1, -0.05) is 31.2 Å². The maximum atomic E-state index is 11.6. The third-order valence-corrected chi connectivity index (χ3v) is 3.06. The molecular formula is C16H17N3O. The minimum Gasteiger partial charge on any atom is -0.376 e. The highest BCUT2D eigenvalue weighted by Crippen LogP contribution is 2.26. The summed E-state index contributed by atoms with van der Waals surface area (Å²) in [6.07, 6.45) is 0.922. The zero-order valence-electron chi connectivity index (χ0n) is 11.4. The van der Waals surface area contributed by atoms with Crippen LogP contribution in [-0.4, -0.2) is 19.0 Å². The number of nitrogens with zero attached hydrogens (tertiary/aromatic N) is 1. The Bertz CT molecular complexity index is 658. The van der Waals surface area contributed by atoms with E-state index >= 15 is 0 Å². The molecule has 102 valence electrons. The number of carbonyl (C=O) groups is 1. The van der Waals surface area contributed by atoms with E-state index in [4.69, 9.17) is 5.26 Å². The Kier molecular flexibility index (Phi) is 4.56. The van der Waals surface area contributed by atoms with Gasteiger partial charge in [0.25, 0.3) is 0 Å². The van der Waals surface area contributed by atoms with Gasteiger partial charge in [-0.05, 0) is 18.6 Å². The van der Waals surface area contributed by atoms with E-state index in [-0.39, 0.29) is 12.5 Å². The molecule has 20 heavy (non-hydrogen) atoms. The van der Waals surface area contributed by atoms with Crippen molar-refractivity contribution < 1.29 is 4.79 Å². The number of rotatable bonds is 5. The molecular weight excluding hydrogens is 250 g/mol. The summed E-state index contributed by atoms with van der Waals surface area (Å²) < 4.78 is 0. The van der Waals surface area contributed by atoms with Gasteiger partial charge in [0.1, 0.15) is 0 Å². The number of benzene rings is 2. The maximum absolute atomic E-state index is 11.6. The van der Waals surface area contributed by atoms with E-state index in [0.29, 0.717) is 12.1 Å². The molecule has 2 N–H and O–H groups in total. The second-order valence-corrected chi connectivity index (χ2v) is 4.52. The third kappa shape index (κ3) is 3.07. The lowest BCUT2D eigenvalue weighted by Crippen LogP contribution is -2.30. The van der Waals surface area contributed by atoms with Crippen LogP contribution in [-0.2, 0) is 4.79 Å². The van der Waals surface area contributed by atoms with Crippen LogP contribution in [0.4, 0.5) is 5.69 Å². The van der Waals surface area contributed by atoms with E-state index < -0.39 is 0 Å². The van der Waals surface area contributed by atoms with Gasteiger partial charge in [-0.2, -0.15) is 5.26 Å². The van der Waals surface area contributed by atoms with Crippen molar-refractivity contribution in [2.75, 3.05) is 18.4 Å². The average Bonchev–Trinajstić information content (AvgIpc) is 2.50. The molecule has 0 heterocycles. The maximum Gasteiger partial charge on any atom is 0.239 e. The summed E-state index contributed by atoms with van der Waals surface area (Å²) in [6, 6.07) is 13.5. The van der Waals surface area contributed by atoms with Crippen LogP contribution in [0.5, 0.6) is 0 Å². The third-order valence-electron chi connectivity index (χ3n) is 3.06. The summed E-state index contributed by atoms with van der Waals surface area (Å²) in [7, 11) is 0. The van der Waals surface area contributed by atoms with E-state index in [1.165, 1.54) is 0 Å². The van der Waals surface area contributed by atoms with E-state index in [0.717, 1.165) is 22.9 Å². The van der Waals surface area contributed by atoms with Gasteiger partial charge in [0.15, 0.2) is 0 Å². The lowest BCUT2D eigenvalue weighted by Gasteiger charge is -2.10. The van der Waals surface area contributed by atoms with Gasteiger partial charge < -0.3 is 10.6 Å². The Morgan fingerprint density at radius 2 is 1.95 bits per heavy atom. The van der Waals surface area contributed by atoms with Gasteiger partial charge in [0.2, 0.25) is 5.91 Å². The molecule has 0 atom stereocenters. The normalized spacial score (nSPS) is 10.0. The van der Waals surface area contributed by atoms with E-state index in [1.54, 1.807) is 6.07 Å². The fourth-order valence-corrected chi connectivity index (χ4v) is 2.05. The van der Waals surface area contributed by atoms with Crippen LogP contribution in [0.15, 0.2) is 36.4 Å². The van der Waals surface area contributed by atoms with Crippen molar-refractivity contribution in [1.29, 1.82) is 5.26 Å². The van der Waals surface area contributed by atoms with Crippen molar-refractivity contribution in [3.63, 3.8) is 0 Å². The van der Waals surface area contributed by atoms with Gasteiger partial charge in [0, 0.05) is 23.0 Å². The molecule has 4 heteroatoms. The van der Waals surface area contributed by atoms with Gasteiger partial charge in [-0.25, -0.2) is 0 Å². The molecule has 0 spiro atoms. The molecule has 2 aromatic rings. The monoisotopic (exact) mass is 267 g/mol. The number of nitrogens with one attached hydrogen (secondary N) is 2. The Hall–Kier alpha value is -2.54. The molecule has 0 aliphatic carbocycles. The summed E-state index contributed by atoms with van der Waals surface area (Å²) >= 11 is 0. The number of fused-ring (bicyclic) bond motifs is 1. The topological polar surface area (TPSA) is 64.9 Å². The van der Waals surface area contributed by atoms with Gasteiger partial charge in [-0.15, -0.1) is 0 Å². The van der Waals surface area contributed by atoms with Crippen molar-refractivity contribution in [1.82, 2.24) is 5.32 Å². The van der Waals surface area contributed by atoms with Gasteiger partial charge in [-0.3, -0.25) is 4.79 Å². The molecule has 0 aliphatic rings. The van der Waals surface area contributed by atoms with Crippen molar-refractivity contribution in [3.8, 4) is 6.07 Å². The van der Waals surface area contributed by atoms with Crippen LogP contribution in [0.2, 0.25) is 0 Å². The molecule has 0 saturated carbocycles. The smallest absolute Gasteiger partial charge is 0.239 e. The first kappa shape index (κ1) is 13.9. The summed E-state index contributed by atoms with van der Waals surface area (Å²) in [5, 5.41) is 16.9. The number of amides is 1. The van der Waals surface area contributed by atoms with Crippen LogP contribution in [0.25, 0.3) is 10.8 Å². The highest BCUT2D eigenvalue weighted by molar-refractivity contribution is 5.98. The minimum atomic E-state index is -0.0275. The number of carbonyl (C=O) groups excluding carboxylic acids is 1. The van der Waals surface area contributed by atoms with Crippen LogP contribution in [0, 0.1) is 11.3 Å². The molecule has 0 unspecified atom stereocenters. The van der Waals surface area contributed by atoms with Crippen molar-refractivity contribution in [2.45, 2.75) is 13.3 Å². The number of hydrogen-bond donors (Lipinski definition) is 2. The first-order valence-electron chi connectivity index (χ1n) is 6.68. The zero-order chi connectivity index (χ0) is 14.4. The summed E-state index contributed by atoms with van der Waals surface area (Å²) in [4.78, 5) is 11.6. The highest BCUT2D eigenvalue weighted by Gasteiger charge is 2.06. The SMILES string of the molecule is CCCNC(=O)CNc1ccc(C#N)c2ccccc12. The summed E-state index contributed by atoms with van der Waals surface area (Å²) in [6.45, 7) is 2.94. The molecule has 0 radical (unpaired) electrons. The molecule has 0 bridgehead atoms. The van der Waals surface area contributed by atoms with Crippen molar-refractivity contribution in [3.05, 3.63) is 42.0 Å². The minimum absolute atomic E-state index is 0.0275. The van der Waals surface area contributed by atoms with E-state index in [9.17, 15) is 4.79 Å². The zero-order valence-corrected chi connectivity index (χ0v) is 11.4. The summed E-state index contributed by atoms with van der Waals surface area (Å²) in [5.41, 5.74) is 1.51. The van der Waals surface area contributed by atoms with Crippen LogP contribution in [0.3, 0.4) is 0 Å². The number of hydrogen-bond acceptors (Lipinski definition) is 3. The van der Waals surface area contributed by atoms with Crippen molar-refractivity contribution in [2.24, 2.45) is 0 Å². The molecule has 4 nitrogen and oxygen atoms in total.